The number of carbonyl (C=O) groups excluding carboxylic acids is 2. The van der Waals surface area contributed by atoms with E-state index in [-0.39, 0.29) is 23.2 Å². The largest absolute Gasteiger partial charge is 0.465 e. The number of aromatic nitrogens is 2. The number of ketones is 1. The van der Waals surface area contributed by atoms with Crippen molar-refractivity contribution in [1.29, 1.82) is 0 Å². The molecule has 1 aliphatic rings. The normalized spacial score (nSPS) is 16.9. The van der Waals surface area contributed by atoms with Gasteiger partial charge < -0.3 is 9.47 Å². The molecule has 0 amide bonds. The highest BCUT2D eigenvalue weighted by molar-refractivity contribution is 7.99. The lowest BCUT2D eigenvalue weighted by molar-refractivity contribution is -0.123. The van der Waals surface area contributed by atoms with Gasteiger partial charge in [0.2, 0.25) is 0 Å². The van der Waals surface area contributed by atoms with Crippen molar-refractivity contribution in [2.45, 2.75) is 51.4 Å². The molecule has 0 radical (unpaired) electrons. The monoisotopic (exact) mass is 418 g/mol. The molecule has 2 aromatic rings. The number of methoxy groups -OCH3 is 1. The van der Waals surface area contributed by atoms with E-state index in [4.69, 9.17) is 9.47 Å². The zero-order chi connectivity index (χ0) is 21.2. The van der Waals surface area contributed by atoms with Crippen molar-refractivity contribution in [2.75, 3.05) is 19.5 Å². The number of benzene rings is 1. The predicted molar refractivity (Wildman–Crippen MR) is 112 cm³/mol. The third kappa shape index (κ3) is 4.87. The number of ether oxygens (including phenoxy) is 2. The smallest absolute Gasteiger partial charge is 0.337 e. The third-order valence-corrected chi connectivity index (χ3v) is 5.90. The van der Waals surface area contributed by atoms with Crippen LogP contribution in [0.15, 0.2) is 28.2 Å². The van der Waals surface area contributed by atoms with Gasteiger partial charge in [-0.2, -0.15) is 0 Å². The van der Waals surface area contributed by atoms with Gasteiger partial charge in [0, 0.05) is 12.0 Å². The van der Waals surface area contributed by atoms with E-state index in [0.717, 1.165) is 12.8 Å². The Morgan fingerprint density at radius 2 is 2.10 bits per heavy atom. The number of thioether (sulfide) groups is 1. The summed E-state index contributed by atoms with van der Waals surface area (Å²) in [6, 6.07) is 4.70. The van der Waals surface area contributed by atoms with Crippen molar-refractivity contribution in [3.63, 3.8) is 0 Å². The SMILES string of the molecule is COC(=O)c1ccc2c(=O)n(C[C@H]3CCCO3)c(SCC(=O)C(C)(C)C)nc2c1. The Labute approximate surface area is 173 Å². The topological polar surface area (TPSA) is 87.5 Å². The highest BCUT2D eigenvalue weighted by Gasteiger charge is 2.24. The fourth-order valence-electron chi connectivity index (χ4n) is 3.06. The third-order valence-electron chi connectivity index (χ3n) is 4.92. The molecule has 1 aromatic heterocycles. The minimum absolute atomic E-state index is 0.0426. The minimum Gasteiger partial charge on any atom is -0.465 e. The Morgan fingerprint density at radius 1 is 1.34 bits per heavy atom. The van der Waals surface area contributed by atoms with E-state index in [0.29, 0.717) is 34.8 Å². The van der Waals surface area contributed by atoms with Gasteiger partial charge in [0.05, 0.1) is 42.0 Å². The Bertz CT molecular complexity index is 987. The fraction of sp³-hybridized carbons (Fsp3) is 0.524. The summed E-state index contributed by atoms with van der Waals surface area (Å²) < 4.78 is 12.1. The van der Waals surface area contributed by atoms with Crippen LogP contribution in [0.3, 0.4) is 0 Å². The first-order valence-electron chi connectivity index (χ1n) is 9.61. The van der Waals surface area contributed by atoms with Gasteiger partial charge in [0.25, 0.3) is 5.56 Å². The van der Waals surface area contributed by atoms with Gasteiger partial charge in [0.1, 0.15) is 5.78 Å². The highest BCUT2D eigenvalue weighted by Crippen LogP contribution is 2.25. The average Bonchev–Trinajstić information content (AvgIpc) is 3.20. The highest BCUT2D eigenvalue weighted by atomic mass is 32.2. The van der Waals surface area contributed by atoms with Crippen molar-refractivity contribution < 1.29 is 19.1 Å². The summed E-state index contributed by atoms with van der Waals surface area (Å²) in [6.45, 7) is 6.68. The van der Waals surface area contributed by atoms with Crippen molar-refractivity contribution in [2.24, 2.45) is 5.41 Å². The zero-order valence-electron chi connectivity index (χ0n) is 17.2. The number of hydrogen-bond acceptors (Lipinski definition) is 7. The van der Waals surface area contributed by atoms with Crippen molar-refractivity contribution in [3.05, 3.63) is 34.1 Å². The second kappa shape index (κ2) is 8.67. The summed E-state index contributed by atoms with van der Waals surface area (Å²) in [4.78, 5) is 42.1. The summed E-state index contributed by atoms with van der Waals surface area (Å²) in [7, 11) is 1.30. The molecule has 0 N–H and O–H groups in total. The molecule has 1 aliphatic heterocycles. The fourth-order valence-corrected chi connectivity index (χ4v) is 4.22. The number of esters is 1. The Morgan fingerprint density at radius 3 is 2.72 bits per heavy atom. The molecule has 8 heteroatoms. The molecule has 1 fully saturated rings. The van der Waals surface area contributed by atoms with Crippen molar-refractivity contribution in [3.8, 4) is 0 Å². The van der Waals surface area contributed by atoms with E-state index in [1.54, 1.807) is 22.8 Å². The molecule has 1 aromatic carbocycles. The molecular formula is C21H26N2O5S. The molecule has 0 spiro atoms. The standard InChI is InChI=1S/C21H26N2O5S/c1-21(2,3)17(24)12-29-20-22-16-10-13(19(26)27-4)7-8-15(16)18(25)23(20)11-14-6-5-9-28-14/h7-8,10,14H,5-6,9,11-12H2,1-4H3/t14-/m1/s1. The molecule has 2 heterocycles. The van der Waals surface area contributed by atoms with Gasteiger partial charge in [0.15, 0.2) is 5.16 Å². The van der Waals surface area contributed by atoms with Gasteiger partial charge in [-0.15, -0.1) is 0 Å². The molecule has 7 nitrogen and oxygen atoms in total. The van der Waals surface area contributed by atoms with Crippen LogP contribution in [0.1, 0.15) is 44.0 Å². The first-order chi connectivity index (χ1) is 13.7. The zero-order valence-corrected chi connectivity index (χ0v) is 18.0. The van der Waals surface area contributed by atoms with Gasteiger partial charge in [-0.25, -0.2) is 9.78 Å². The molecule has 0 bridgehead atoms. The predicted octanol–water partition coefficient (Wildman–Crippen LogP) is 3.07. The molecule has 0 unspecified atom stereocenters. The lowest BCUT2D eigenvalue weighted by atomic mass is 9.92. The lowest BCUT2D eigenvalue weighted by Gasteiger charge is -2.19. The number of carbonyl (C=O) groups is 2. The van der Waals surface area contributed by atoms with Crippen LogP contribution in [0.5, 0.6) is 0 Å². The Hall–Kier alpha value is -2.19. The molecule has 29 heavy (non-hydrogen) atoms. The van der Waals surface area contributed by atoms with Crippen LogP contribution in [0.4, 0.5) is 0 Å². The molecule has 1 atom stereocenters. The number of nitrogens with zero attached hydrogens (tertiary/aromatic N) is 2. The lowest BCUT2D eigenvalue weighted by Crippen LogP contribution is -2.29. The average molecular weight is 419 g/mol. The van der Waals surface area contributed by atoms with Crippen LogP contribution in [0.2, 0.25) is 0 Å². The summed E-state index contributed by atoms with van der Waals surface area (Å²) in [5.74, 6) is -0.206. The van der Waals surface area contributed by atoms with E-state index in [1.807, 2.05) is 20.8 Å². The second-order valence-corrected chi connectivity index (χ2v) is 9.07. The van der Waals surface area contributed by atoms with Crippen molar-refractivity contribution in [1.82, 2.24) is 9.55 Å². The van der Waals surface area contributed by atoms with Gasteiger partial charge in [-0.05, 0) is 31.0 Å². The van der Waals surface area contributed by atoms with Gasteiger partial charge in [-0.3, -0.25) is 14.2 Å². The van der Waals surface area contributed by atoms with Gasteiger partial charge >= 0.3 is 5.97 Å². The van der Waals surface area contributed by atoms with E-state index in [1.165, 1.54) is 18.9 Å². The number of rotatable bonds is 6. The molecule has 1 saturated heterocycles. The van der Waals surface area contributed by atoms with Crippen LogP contribution < -0.4 is 5.56 Å². The van der Waals surface area contributed by atoms with E-state index in [2.05, 4.69) is 4.98 Å². The number of fused-ring (bicyclic) bond motifs is 1. The van der Waals surface area contributed by atoms with Crippen LogP contribution >= 0.6 is 11.8 Å². The molecular weight excluding hydrogens is 392 g/mol. The number of hydrogen-bond donors (Lipinski definition) is 0. The van der Waals surface area contributed by atoms with Gasteiger partial charge in [-0.1, -0.05) is 32.5 Å². The first-order valence-corrected chi connectivity index (χ1v) is 10.6. The van der Waals surface area contributed by atoms with Crippen LogP contribution in [0.25, 0.3) is 10.9 Å². The maximum absolute atomic E-state index is 13.2. The maximum Gasteiger partial charge on any atom is 0.337 e. The summed E-state index contributed by atoms with van der Waals surface area (Å²) >= 11 is 1.24. The van der Waals surface area contributed by atoms with E-state index >= 15 is 0 Å². The first kappa shape index (κ1) is 21.5. The van der Waals surface area contributed by atoms with E-state index < -0.39 is 11.4 Å². The quantitative estimate of drug-likeness (QED) is 0.405. The Balaban J connectivity index is 2.03. The molecule has 156 valence electrons. The minimum atomic E-state index is -0.491. The summed E-state index contributed by atoms with van der Waals surface area (Å²) in [6.07, 6.45) is 1.81. The Kier molecular flexibility index (Phi) is 6.43. The van der Waals surface area contributed by atoms with Crippen LogP contribution in [-0.4, -0.2) is 46.9 Å². The van der Waals surface area contributed by atoms with Crippen LogP contribution in [-0.2, 0) is 20.8 Å². The second-order valence-electron chi connectivity index (χ2n) is 8.13. The molecule has 0 saturated carbocycles. The molecule has 0 aliphatic carbocycles. The van der Waals surface area contributed by atoms with Crippen LogP contribution in [0, 0.1) is 5.41 Å². The maximum atomic E-state index is 13.2. The number of Topliss-reactive ketones (excluding diaryl/α,β-unsaturated/α-hetero) is 1. The van der Waals surface area contributed by atoms with Crippen molar-refractivity contribution >= 4 is 34.4 Å². The summed E-state index contributed by atoms with van der Waals surface area (Å²) in [5.41, 5.74) is 0.0621. The summed E-state index contributed by atoms with van der Waals surface area (Å²) in [5, 5.41) is 0.875. The van der Waals surface area contributed by atoms with E-state index in [9.17, 15) is 14.4 Å². The molecule has 3 rings (SSSR count).